The highest BCUT2D eigenvalue weighted by molar-refractivity contribution is 5.30. The van der Waals surface area contributed by atoms with Gasteiger partial charge in [0.1, 0.15) is 5.82 Å². The molecule has 0 aliphatic heterocycles. The molecule has 0 aromatic heterocycles. The van der Waals surface area contributed by atoms with Crippen LogP contribution in [0, 0.1) is 5.82 Å². The summed E-state index contributed by atoms with van der Waals surface area (Å²) in [5, 5.41) is 0. The molecule has 0 N–H and O–H groups in total. The first-order valence-electron chi connectivity index (χ1n) is 5.36. The van der Waals surface area contributed by atoms with Crippen LogP contribution in [0.2, 0.25) is 0 Å². The molecule has 2 rings (SSSR count). The second-order valence-corrected chi connectivity index (χ2v) is 4.00. The molecule has 0 unspecified atom stereocenters. The molecule has 94 valence electrons. The SMILES string of the molecule is Fc1ccc(Cc2cccc(C(F)(F)F)c2)cc1. The lowest BCUT2D eigenvalue weighted by Crippen LogP contribution is -2.05. The first-order valence-corrected chi connectivity index (χ1v) is 5.36. The molecular formula is C14H10F4. The summed E-state index contributed by atoms with van der Waals surface area (Å²) in [6, 6.07) is 10.9. The molecule has 0 nitrogen and oxygen atoms in total. The summed E-state index contributed by atoms with van der Waals surface area (Å²) in [5.41, 5.74) is 0.661. The van der Waals surface area contributed by atoms with Gasteiger partial charge in [0.2, 0.25) is 0 Å². The molecule has 0 heterocycles. The summed E-state index contributed by atoms with van der Waals surface area (Å²) >= 11 is 0. The fourth-order valence-corrected chi connectivity index (χ4v) is 1.70. The molecule has 2 aromatic carbocycles. The zero-order chi connectivity index (χ0) is 13.2. The van der Waals surface area contributed by atoms with Gasteiger partial charge in [0.05, 0.1) is 5.56 Å². The Balaban J connectivity index is 2.22. The van der Waals surface area contributed by atoms with Crippen LogP contribution >= 0.6 is 0 Å². The van der Waals surface area contributed by atoms with Gasteiger partial charge in [-0.15, -0.1) is 0 Å². The number of halogens is 4. The summed E-state index contributed by atoms with van der Waals surface area (Å²) in [5.74, 6) is -0.359. The van der Waals surface area contributed by atoms with E-state index in [9.17, 15) is 17.6 Å². The monoisotopic (exact) mass is 254 g/mol. The van der Waals surface area contributed by atoms with Gasteiger partial charge in [0, 0.05) is 0 Å². The molecule has 0 fully saturated rings. The maximum Gasteiger partial charge on any atom is 0.416 e. The fourth-order valence-electron chi connectivity index (χ4n) is 1.70. The van der Waals surface area contributed by atoms with Crippen molar-refractivity contribution in [3.63, 3.8) is 0 Å². The second-order valence-electron chi connectivity index (χ2n) is 4.00. The summed E-state index contributed by atoms with van der Waals surface area (Å²) in [4.78, 5) is 0. The van der Waals surface area contributed by atoms with E-state index in [1.54, 1.807) is 18.2 Å². The normalized spacial score (nSPS) is 11.6. The lowest BCUT2D eigenvalue weighted by atomic mass is 10.0. The van der Waals surface area contributed by atoms with Gasteiger partial charge in [0.25, 0.3) is 0 Å². The topological polar surface area (TPSA) is 0 Å². The fraction of sp³-hybridized carbons (Fsp3) is 0.143. The van der Waals surface area contributed by atoms with Crippen LogP contribution in [0.1, 0.15) is 16.7 Å². The van der Waals surface area contributed by atoms with Crippen molar-refractivity contribution >= 4 is 0 Å². The van der Waals surface area contributed by atoms with Gasteiger partial charge in [-0.05, 0) is 35.7 Å². The zero-order valence-electron chi connectivity index (χ0n) is 9.34. The van der Waals surface area contributed by atoms with E-state index >= 15 is 0 Å². The molecule has 0 atom stereocenters. The quantitative estimate of drug-likeness (QED) is 0.695. The van der Waals surface area contributed by atoms with Gasteiger partial charge in [-0.25, -0.2) is 4.39 Å². The summed E-state index contributed by atoms with van der Waals surface area (Å²) in [7, 11) is 0. The molecule has 2 aromatic rings. The van der Waals surface area contributed by atoms with Crippen molar-refractivity contribution in [2.75, 3.05) is 0 Å². The van der Waals surface area contributed by atoms with Gasteiger partial charge in [-0.3, -0.25) is 0 Å². The van der Waals surface area contributed by atoms with Crippen LogP contribution in [0.3, 0.4) is 0 Å². The van der Waals surface area contributed by atoms with E-state index in [4.69, 9.17) is 0 Å². The van der Waals surface area contributed by atoms with Crippen molar-refractivity contribution in [3.05, 3.63) is 71.0 Å². The van der Waals surface area contributed by atoms with E-state index in [1.807, 2.05) is 0 Å². The third kappa shape index (κ3) is 3.09. The van der Waals surface area contributed by atoms with E-state index in [0.29, 0.717) is 12.0 Å². The van der Waals surface area contributed by atoms with Crippen LogP contribution in [0.15, 0.2) is 48.5 Å². The minimum absolute atomic E-state index is 0.351. The average Bonchev–Trinajstić information content (AvgIpc) is 2.31. The first-order chi connectivity index (χ1) is 8.45. The number of hydrogen-bond donors (Lipinski definition) is 0. The van der Waals surface area contributed by atoms with E-state index in [0.717, 1.165) is 17.7 Å². The second kappa shape index (κ2) is 4.80. The first kappa shape index (κ1) is 12.6. The maximum atomic E-state index is 12.7. The average molecular weight is 254 g/mol. The molecule has 0 aliphatic carbocycles. The maximum absolute atomic E-state index is 12.7. The van der Waals surface area contributed by atoms with Gasteiger partial charge in [-0.1, -0.05) is 30.3 Å². The molecule has 0 saturated heterocycles. The highest BCUT2D eigenvalue weighted by atomic mass is 19.4. The number of hydrogen-bond acceptors (Lipinski definition) is 0. The minimum Gasteiger partial charge on any atom is -0.207 e. The summed E-state index contributed by atoms with van der Waals surface area (Å²) < 4.78 is 50.2. The largest absolute Gasteiger partial charge is 0.416 e. The predicted octanol–water partition coefficient (Wildman–Crippen LogP) is 4.44. The van der Waals surface area contributed by atoms with Crippen molar-refractivity contribution in [3.8, 4) is 0 Å². The molecule has 0 spiro atoms. The smallest absolute Gasteiger partial charge is 0.207 e. The molecular weight excluding hydrogens is 244 g/mol. The zero-order valence-corrected chi connectivity index (χ0v) is 9.34. The highest BCUT2D eigenvalue weighted by Gasteiger charge is 2.30. The highest BCUT2D eigenvalue weighted by Crippen LogP contribution is 2.29. The van der Waals surface area contributed by atoms with Gasteiger partial charge >= 0.3 is 6.18 Å². The van der Waals surface area contributed by atoms with E-state index < -0.39 is 11.7 Å². The molecule has 0 bridgehead atoms. The van der Waals surface area contributed by atoms with Crippen molar-refractivity contribution in [1.82, 2.24) is 0 Å². The van der Waals surface area contributed by atoms with Crippen LogP contribution in [-0.2, 0) is 12.6 Å². The lowest BCUT2D eigenvalue weighted by molar-refractivity contribution is -0.137. The van der Waals surface area contributed by atoms with Crippen molar-refractivity contribution in [1.29, 1.82) is 0 Å². The Morgan fingerprint density at radius 1 is 0.833 bits per heavy atom. The number of benzene rings is 2. The van der Waals surface area contributed by atoms with Crippen LogP contribution in [0.5, 0.6) is 0 Å². The van der Waals surface area contributed by atoms with Gasteiger partial charge in [-0.2, -0.15) is 13.2 Å². The Kier molecular flexibility index (Phi) is 3.36. The van der Waals surface area contributed by atoms with Crippen LogP contribution in [-0.4, -0.2) is 0 Å². The van der Waals surface area contributed by atoms with E-state index in [1.165, 1.54) is 18.2 Å². The Morgan fingerprint density at radius 3 is 2.11 bits per heavy atom. The molecule has 18 heavy (non-hydrogen) atoms. The third-order valence-electron chi connectivity index (χ3n) is 2.58. The van der Waals surface area contributed by atoms with Gasteiger partial charge < -0.3 is 0 Å². The standard InChI is InChI=1S/C14H10F4/c15-13-6-4-10(5-7-13)8-11-2-1-3-12(9-11)14(16,17)18/h1-7,9H,8H2. The molecule has 0 radical (unpaired) electrons. The van der Waals surface area contributed by atoms with Gasteiger partial charge in [0.15, 0.2) is 0 Å². The molecule has 4 heteroatoms. The van der Waals surface area contributed by atoms with Crippen LogP contribution in [0.4, 0.5) is 17.6 Å². The predicted molar refractivity (Wildman–Crippen MR) is 60.7 cm³/mol. The minimum atomic E-state index is -4.33. The lowest BCUT2D eigenvalue weighted by Gasteiger charge is -2.08. The molecule has 0 aliphatic rings. The number of rotatable bonds is 2. The van der Waals surface area contributed by atoms with E-state index in [2.05, 4.69) is 0 Å². The van der Waals surface area contributed by atoms with Crippen molar-refractivity contribution in [2.45, 2.75) is 12.6 Å². The van der Waals surface area contributed by atoms with Crippen molar-refractivity contribution in [2.24, 2.45) is 0 Å². The Hall–Kier alpha value is -1.84. The van der Waals surface area contributed by atoms with Crippen molar-refractivity contribution < 1.29 is 17.6 Å². The third-order valence-corrected chi connectivity index (χ3v) is 2.58. The van der Waals surface area contributed by atoms with Crippen LogP contribution < -0.4 is 0 Å². The van der Waals surface area contributed by atoms with E-state index in [-0.39, 0.29) is 5.82 Å². The number of alkyl halides is 3. The Bertz CT molecular complexity index is 526. The Labute approximate surface area is 102 Å². The van der Waals surface area contributed by atoms with Crippen LogP contribution in [0.25, 0.3) is 0 Å². The Morgan fingerprint density at radius 2 is 1.50 bits per heavy atom. The summed E-state index contributed by atoms with van der Waals surface area (Å²) in [6.07, 6.45) is -3.98. The molecule has 0 amide bonds. The molecule has 0 saturated carbocycles. The summed E-state index contributed by atoms with van der Waals surface area (Å²) in [6.45, 7) is 0.